The average molecular weight is 256 g/mol. The summed E-state index contributed by atoms with van der Waals surface area (Å²) in [6.07, 6.45) is 2.54. The van der Waals surface area contributed by atoms with Gasteiger partial charge in [-0.15, -0.1) is 0 Å². The minimum atomic E-state index is -0.309. The van der Waals surface area contributed by atoms with Crippen molar-refractivity contribution in [3.05, 3.63) is 36.4 Å². The second-order valence-corrected chi connectivity index (χ2v) is 4.99. The van der Waals surface area contributed by atoms with E-state index < -0.39 is 0 Å². The minimum Gasteiger partial charge on any atom is -0.493 e. The van der Waals surface area contributed by atoms with Crippen molar-refractivity contribution in [3.63, 3.8) is 0 Å². The zero-order valence-corrected chi connectivity index (χ0v) is 10.9. The van der Waals surface area contributed by atoms with Gasteiger partial charge in [-0.05, 0) is 42.3 Å². The predicted molar refractivity (Wildman–Crippen MR) is 73.5 cm³/mol. The second-order valence-electron chi connectivity index (χ2n) is 4.99. The molecule has 0 heterocycles. The number of benzene rings is 2. The number of fused-ring (bicyclic) bond motifs is 1. The van der Waals surface area contributed by atoms with E-state index in [2.05, 4.69) is 0 Å². The molecule has 0 spiro atoms. The molecule has 0 radical (unpaired) electrons. The van der Waals surface area contributed by atoms with E-state index in [1.807, 2.05) is 30.3 Å². The molecule has 2 aromatic rings. The number of carbonyl (C=O) groups is 1. The van der Waals surface area contributed by atoms with Gasteiger partial charge in [0.2, 0.25) is 0 Å². The molecular weight excluding hydrogens is 240 g/mol. The lowest BCUT2D eigenvalue weighted by atomic mass is 10.1. The quantitative estimate of drug-likeness (QED) is 0.620. The molecule has 0 amide bonds. The lowest BCUT2D eigenvalue weighted by molar-refractivity contribution is -0.131. The smallest absolute Gasteiger partial charge is 0.308 e. The number of rotatable bonds is 4. The summed E-state index contributed by atoms with van der Waals surface area (Å²) in [4.78, 5) is 11.1. The molecule has 0 N–H and O–H groups in total. The fraction of sp³-hybridized carbons (Fsp3) is 0.312. The van der Waals surface area contributed by atoms with E-state index in [0.29, 0.717) is 5.75 Å². The minimum absolute atomic E-state index is 0.309. The number of hydrogen-bond acceptors (Lipinski definition) is 3. The molecule has 0 aromatic heterocycles. The first-order valence-electron chi connectivity index (χ1n) is 6.56. The summed E-state index contributed by atoms with van der Waals surface area (Å²) in [7, 11) is 0. The normalized spacial score (nSPS) is 14.4. The van der Waals surface area contributed by atoms with Crippen LogP contribution < -0.4 is 9.47 Å². The lowest BCUT2D eigenvalue weighted by Gasteiger charge is -2.09. The highest BCUT2D eigenvalue weighted by atomic mass is 16.5. The van der Waals surface area contributed by atoms with E-state index in [1.54, 1.807) is 6.07 Å². The summed E-state index contributed by atoms with van der Waals surface area (Å²) in [6.45, 7) is 2.19. The Hall–Kier alpha value is -2.03. The molecule has 1 aliphatic rings. The van der Waals surface area contributed by atoms with Gasteiger partial charge < -0.3 is 9.47 Å². The molecule has 1 fully saturated rings. The van der Waals surface area contributed by atoms with Crippen molar-refractivity contribution in [2.24, 2.45) is 5.92 Å². The second kappa shape index (κ2) is 4.92. The van der Waals surface area contributed by atoms with Gasteiger partial charge in [-0.25, -0.2) is 0 Å². The first-order valence-corrected chi connectivity index (χ1v) is 6.56. The lowest BCUT2D eigenvalue weighted by Crippen LogP contribution is -2.02. The Morgan fingerprint density at radius 3 is 2.84 bits per heavy atom. The molecular formula is C16H16O3. The van der Waals surface area contributed by atoms with Crippen molar-refractivity contribution < 1.29 is 14.3 Å². The third kappa shape index (κ3) is 2.87. The van der Waals surface area contributed by atoms with E-state index in [1.165, 1.54) is 19.8 Å². The van der Waals surface area contributed by atoms with Crippen LogP contribution in [-0.2, 0) is 4.79 Å². The molecule has 3 rings (SSSR count). The van der Waals surface area contributed by atoms with E-state index in [0.717, 1.165) is 29.0 Å². The fourth-order valence-electron chi connectivity index (χ4n) is 2.06. The predicted octanol–water partition coefficient (Wildman–Crippen LogP) is 3.55. The van der Waals surface area contributed by atoms with Crippen molar-refractivity contribution in [2.45, 2.75) is 19.8 Å². The number of esters is 1. The molecule has 1 saturated carbocycles. The Morgan fingerprint density at radius 1 is 1.26 bits per heavy atom. The van der Waals surface area contributed by atoms with Crippen LogP contribution >= 0.6 is 0 Å². The molecule has 98 valence electrons. The van der Waals surface area contributed by atoms with E-state index in [-0.39, 0.29) is 5.97 Å². The number of ether oxygens (including phenoxy) is 2. The Balaban J connectivity index is 1.91. The van der Waals surface area contributed by atoms with Crippen LogP contribution in [0.4, 0.5) is 0 Å². The van der Waals surface area contributed by atoms with Crippen LogP contribution in [0.1, 0.15) is 19.8 Å². The maximum absolute atomic E-state index is 11.1. The zero-order valence-electron chi connectivity index (χ0n) is 10.9. The van der Waals surface area contributed by atoms with Crippen LogP contribution in [0.5, 0.6) is 11.5 Å². The summed E-state index contributed by atoms with van der Waals surface area (Å²) >= 11 is 0. The molecule has 19 heavy (non-hydrogen) atoms. The standard InChI is InChI=1S/C16H16O3/c1-11(17)19-16-4-2-3-13-7-8-14(9-15(13)16)18-10-12-5-6-12/h2-4,7-9,12H,5-6,10H2,1H3. The van der Waals surface area contributed by atoms with Crippen molar-refractivity contribution in [2.75, 3.05) is 6.61 Å². The summed E-state index contributed by atoms with van der Waals surface area (Å²) < 4.78 is 11.0. The van der Waals surface area contributed by atoms with Gasteiger partial charge in [0.05, 0.1) is 6.61 Å². The average Bonchev–Trinajstić information content (AvgIpc) is 3.20. The summed E-state index contributed by atoms with van der Waals surface area (Å²) in [5.74, 6) is 1.83. The molecule has 0 aliphatic heterocycles. The SMILES string of the molecule is CC(=O)Oc1cccc2ccc(OCC3CC3)cc12. The fourth-order valence-corrected chi connectivity index (χ4v) is 2.06. The summed E-state index contributed by atoms with van der Waals surface area (Å²) in [5, 5.41) is 1.95. The van der Waals surface area contributed by atoms with E-state index >= 15 is 0 Å². The van der Waals surface area contributed by atoms with Crippen LogP contribution in [0.15, 0.2) is 36.4 Å². The maximum Gasteiger partial charge on any atom is 0.308 e. The Labute approximate surface area is 112 Å². The molecule has 0 unspecified atom stereocenters. The first-order chi connectivity index (χ1) is 9.22. The number of hydrogen-bond donors (Lipinski definition) is 0. The van der Waals surface area contributed by atoms with E-state index in [9.17, 15) is 4.79 Å². The van der Waals surface area contributed by atoms with Crippen LogP contribution in [-0.4, -0.2) is 12.6 Å². The molecule has 0 bridgehead atoms. The van der Waals surface area contributed by atoms with Gasteiger partial charge in [-0.1, -0.05) is 18.2 Å². The van der Waals surface area contributed by atoms with Crippen molar-refractivity contribution in [1.82, 2.24) is 0 Å². The van der Waals surface area contributed by atoms with Crippen LogP contribution in [0, 0.1) is 5.92 Å². The van der Waals surface area contributed by atoms with E-state index in [4.69, 9.17) is 9.47 Å². The van der Waals surface area contributed by atoms with Gasteiger partial charge >= 0.3 is 5.97 Å². The largest absolute Gasteiger partial charge is 0.493 e. The summed E-state index contributed by atoms with van der Waals surface area (Å²) in [5.41, 5.74) is 0. The summed E-state index contributed by atoms with van der Waals surface area (Å²) in [6, 6.07) is 11.6. The van der Waals surface area contributed by atoms with Crippen molar-refractivity contribution >= 4 is 16.7 Å². The molecule has 0 saturated heterocycles. The van der Waals surface area contributed by atoms with Gasteiger partial charge in [-0.3, -0.25) is 4.79 Å². The zero-order chi connectivity index (χ0) is 13.2. The van der Waals surface area contributed by atoms with Gasteiger partial charge in [0.1, 0.15) is 11.5 Å². The third-order valence-corrected chi connectivity index (χ3v) is 3.25. The highest BCUT2D eigenvalue weighted by Crippen LogP contribution is 2.32. The highest BCUT2D eigenvalue weighted by Gasteiger charge is 2.21. The van der Waals surface area contributed by atoms with Gasteiger partial charge in [0, 0.05) is 12.3 Å². The van der Waals surface area contributed by atoms with Crippen LogP contribution in [0.2, 0.25) is 0 Å². The molecule has 3 nitrogen and oxygen atoms in total. The molecule has 3 heteroatoms. The Bertz CT molecular complexity index is 614. The molecule has 2 aromatic carbocycles. The number of carbonyl (C=O) groups excluding carboxylic acids is 1. The van der Waals surface area contributed by atoms with Crippen LogP contribution in [0.25, 0.3) is 10.8 Å². The van der Waals surface area contributed by atoms with Crippen molar-refractivity contribution in [1.29, 1.82) is 0 Å². The topological polar surface area (TPSA) is 35.5 Å². The Morgan fingerprint density at radius 2 is 2.11 bits per heavy atom. The molecule has 1 aliphatic carbocycles. The molecule has 0 atom stereocenters. The highest BCUT2D eigenvalue weighted by molar-refractivity contribution is 5.91. The van der Waals surface area contributed by atoms with Crippen LogP contribution in [0.3, 0.4) is 0 Å². The van der Waals surface area contributed by atoms with Gasteiger partial charge in [-0.2, -0.15) is 0 Å². The van der Waals surface area contributed by atoms with Gasteiger partial charge in [0.15, 0.2) is 0 Å². The van der Waals surface area contributed by atoms with Gasteiger partial charge in [0.25, 0.3) is 0 Å². The monoisotopic (exact) mass is 256 g/mol. The maximum atomic E-state index is 11.1. The van der Waals surface area contributed by atoms with Crippen molar-refractivity contribution in [3.8, 4) is 11.5 Å². The third-order valence-electron chi connectivity index (χ3n) is 3.25. The first kappa shape index (κ1) is 12.0. The Kier molecular flexibility index (Phi) is 3.11.